The number of anilines is 1. The summed E-state index contributed by atoms with van der Waals surface area (Å²) in [6, 6.07) is 10.5. The van der Waals surface area contributed by atoms with Gasteiger partial charge in [-0.25, -0.2) is 13.8 Å². The summed E-state index contributed by atoms with van der Waals surface area (Å²) < 4.78 is 26.1. The number of hydrogen-bond donors (Lipinski definition) is 2. The van der Waals surface area contributed by atoms with Crippen molar-refractivity contribution in [1.82, 2.24) is 15.2 Å². The molecule has 0 fully saturated rings. The predicted molar refractivity (Wildman–Crippen MR) is 89.1 cm³/mol. The van der Waals surface area contributed by atoms with Crippen molar-refractivity contribution in [2.45, 2.75) is 19.8 Å². The van der Waals surface area contributed by atoms with Crippen LogP contribution in [0.3, 0.4) is 0 Å². The van der Waals surface area contributed by atoms with Gasteiger partial charge in [-0.05, 0) is 48.4 Å². The summed E-state index contributed by atoms with van der Waals surface area (Å²) in [5.41, 5.74) is 1.86. The zero-order valence-electron chi connectivity index (χ0n) is 13.5. The lowest BCUT2D eigenvalue weighted by Gasteiger charge is -2.05. The number of aromatic amines is 1. The summed E-state index contributed by atoms with van der Waals surface area (Å²) in [7, 11) is 0. The van der Waals surface area contributed by atoms with Crippen molar-refractivity contribution in [3.8, 4) is 0 Å². The second kappa shape index (κ2) is 7.21. The topological polar surface area (TPSA) is 70.7 Å². The fourth-order valence-corrected chi connectivity index (χ4v) is 2.36. The van der Waals surface area contributed by atoms with Crippen molar-refractivity contribution in [1.29, 1.82) is 0 Å². The first-order valence-corrected chi connectivity index (χ1v) is 7.70. The van der Waals surface area contributed by atoms with Gasteiger partial charge in [-0.3, -0.25) is 9.89 Å². The predicted octanol–water partition coefficient (Wildman–Crippen LogP) is 3.16. The maximum Gasteiger partial charge on any atom is 0.232 e. The monoisotopic (exact) mass is 342 g/mol. The van der Waals surface area contributed by atoms with Crippen molar-refractivity contribution in [3.63, 3.8) is 0 Å². The summed E-state index contributed by atoms with van der Waals surface area (Å²) in [6.07, 6.45) is 0.461. The van der Waals surface area contributed by atoms with Crippen molar-refractivity contribution < 1.29 is 13.6 Å². The molecule has 0 spiro atoms. The van der Waals surface area contributed by atoms with E-state index in [2.05, 4.69) is 20.5 Å². The standard InChI is InChI=1S/C18H16F2N4O/c1-11-8-14(6-7-15(11)20)21-18(25)10-17-22-16(23-24-17)9-12-2-4-13(19)5-3-12/h2-8H,9-10H2,1H3,(H,21,25)(H,22,23,24). The molecule has 3 aromatic rings. The van der Waals surface area contributed by atoms with Gasteiger partial charge in [0.2, 0.25) is 5.91 Å². The lowest BCUT2D eigenvalue weighted by molar-refractivity contribution is -0.115. The van der Waals surface area contributed by atoms with E-state index >= 15 is 0 Å². The first kappa shape index (κ1) is 16.8. The number of hydrogen-bond acceptors (Lipinski definition) is 3. The summed E-state index contributed by atoms with van der Waals surface area (Å²) in [4.78, 5) is 16.3. The van der Waals surface area contributed by atoms with E-state index in [0.29, 0.717) is 29.3 Å². The highest BCUT2D eigenvalue weighted by molar-refractivity contribution is 5.91. The number of nitrogens with one attached hydrogen (secondary N) is 2. The normalized spacial score (nSPS) is 10.7. The molecular weight excluding hydrogens is 326 g/mol. The molecule has 0 saturated heterocycles. The number of amides is 1. The molecule has 1 amide bonds. The lowest BCUT2D eigenvalue weighted by Crippen LogP contribution is -2.15. The number of benzene rings is 2. The van der Waals surface area contributed by atoms with Crippen molar-refractivity contribution >= 4 is 11.6 Å². The third-order valence-electron chi connectivity index (χ3n) is 3.62. The van der Waals surface area contributed by atoms with Gasteiger partial charge in [-0.2, -0.15) is 5.10 Å². The second-order valence-corrected chi connectivity index (χ2v) is 5.69. The number of H-pyrrole nitrogens is 1. The highest BCUT2D eigenvalue weighted by atomic mass is 19.1. The van der Waals surface area contributed by atoms with Crippen LogP contribution in [0.2, 0.25) is 0 Å². The Morgan fingerprint density at radius 2 is 1.92 bits per heavy atom. The van der Waals surface area contributed by atoms with Gasteiger partial charge < -0.3 is 5.32 Å². The molecule has 1 aromatic heterocycles. The van der Waals surface area contributed by atoms with Crippen LogP contribution in [0.5, 0.6) is 0 Å². The number of carbonyl (C=O) groups is 1. The van der Waals surface area contributed by atoms with E-state index in [1.807, 2.05) is 0 Å². The van der Waals surface area contributed by atoms with Gasteiger partial charge >= 0.3 is 0 Å². The van der Waals surface area contributed by atoms with Crippen LogP contribution in [0.4, 0.5) is 14.5 Å². The third kappa shape index (κ3) is 4.47. The molecule has 2 aromatic carbocycles. The average Bonchev–Trinajstić information content (AvgIpc) is 3.00. The van der Waals surface area contributed by atoms with E-state index in [1.54, 1.807) is 25.1 Å². The minimum atomic E-state index is -0.322. The summed E-state index contributed by atoms with van der Waals surface area (Å²) >= 11 is 0. The van der Waals surface area contributed by atoms with Crippen LogP contribution in [0, 0.1) is 18.6 Å². The number of rotatable bonds is 5. The molecule has 5 nitrogen and oxygen atoms in total. The minimum Gasteiger partial charge on any atom is -0.326 e. The lowest BCUT2D eigenvalue weighted by atomic mass is 10.1. The molecule has 2 N–H and O–H groups in total. The maximum absolute atomic E-state index is 13.2. The number of nitrogens with zero attached hydrogens (tertiary/aromatic N) is 2. The highest BCUT2D eigenvalue weighted by Gasteiger charge is 2.10. The van der Waals surface area contributed by atoms with Crippen LogP contribution in [-0.2, 0) is 17.6 Å². The number of aromatic nitrogens is 3. The van der Waals surface area contributed by atoms with E-state index in [9.17, 15) is 13.6 Å². The van der Waals surface area contributed by atoms with Crippen LogP contribution >= 0.6 is 0 Å². The van der Waals surface area contributed by atoms with Gasteiger partial charge in [0.05, 0.1) is 6.42 Å². The Bertz CT molecular complexity index is 890. The largest absolute Gasteiger partial charge is 0.326 e. The van der Waals surface area contributed by atoms with Crippen LogP contribution < -0.4 is 5.32 Å². The summed E-state index contributed by atoms with van der Waals surface area (Å²) in [6.45, 7) is 1.63. The van der Waals surface area contributed by atoms with Gasteiger partial charge in [0.25, 0.3) is 0 Å². The molecule has 0 aliphatic heterocycles. The molecule has 0 aliphatic carbocycles. The highest BCUT2D eigenvalue weighted by Crippen LogP contribution is 2.14. The Morgan fingerprint density at radius 1 is 1.16 bits per heavy atom. The van der Waals surface area contributed by atoms with Crippen molar-refractivity contribution in [2.75, 3.05) is 5.32 Å². The Morgan fingerprint density at radius 3 is 2.64 bits per heavy atom. The molecule has 0 aliphatic rings. The van der Waals surface area contributed by atoms with Gasteiger partial charge in [0.1, 0.15) is 17.5 Å². The number of aryl methyl sites for hydroxylation is 1. The molecule has 1 heterocycles. The van der Waals surface area contributed by atoms with Crippen LogP contribution in [0.25, 0.3) is 0 Å². The van der Waals surface area contributed by atoms with Gasteiger partial charge in [0.15, 0.2) is 5.82 Å². The average molecular weight is 342 g/mol. The number of halogens is 2. The van der Waals surface area contributed by atoms with E-state index in [4.69, 9.17) is 0 Å². The van der Waals surface area contributed by atoms with Crippen LogP contribution in [0.15, 0.2) is 42.5 Å². The molecule has 0 radical (unpaired) electrons. The maximum atomic E-state index is 13.2. The smallest absolute Gasteiger partial charge is 0.232 e. The molecule has 7 heteroatoms. The molecule has 0 saturated carbocycles. The minimum absolute atomic E-state index is 0.00363. The fourth-order valence-electron chi connectivity index (χ4n) is 2.36. The van der Waals surface area contributed by atoms with Gasteiger partial charge in [-0.1, -0.05) is 12.1 Å². The van der Waals surface area contributed by atoms with Crippen molar-refractivity contribution in [3.05, 3.63) is 76.9 Å². The first-order chi connectivity index (χ1) is 12.0. The van der Waals surface area contributed by atoms with Crippen LogP contribution in [-0.4, -0.2) is 21.1 Å². The Balaban J connectivity index is 1.59. The Kier molecular flexibility index (Phi) is 4.83. The zero-order valence-corrected chi connectivity index (χ0v) is 13.5. The first-order valence-electron chi connectivity index (χ1n) is 7.70. The van der Waals surface area contributed by atoms with Crippen LogP contribution in [0.1, 0.15) is 22.8 Å². The summed E-state index contributed by atoms with van der Waals surface area (Å²) in [5.74, 6) is 0.0333. The van der Waals surface area contributed by atoms with E-state index in [-0.39, 0.29) is 24.0 Å². The zero-order chi connectivity index (χ0) is 17.8. The Labute approximate surface area is 143 Å². The van der Waals surface area contributed by atoms with Gasteiger partial charge in [0, 0.05) is 12.1 Å². The van der Waals surface area contributed by atoms with E-state index in [1.165, 1.54) is 24.3 Å². The molecule has 0 unspecified atom stereocenters. The number of carbonyl (C=O) groups excluding carboxylic acids is 1. The molecule has 128 valence electrons. The second-order valence-electron chi connectivity index (χ2n) is 5.69. The van der Waals surface area contributed by atoms with Gasteiger partial charge in [-0.15, -0.1) is 0 Å². The fraction of sp³-hybridized carbons (Fsp3) is 0.167. The molecule has 25 heavy (non-hydrogen) atoms. The Hall–Kier alpha value is -3.09. The molecule has 0 bridgehead atoms. The van der Waals surface area contributed by atoms with E-state index < -0.39 is 0 Å². The van der Waals surface area contributed by atoms with E-state index in [0.717, 1.165) is 5.56 Å². The molecular formula is C18H16F2N4O. The quantitative estimate of drug-likeness (QED) is 0.748. The molecule has 0 atom stereocenters. The van der Waals surface area contributed by atoms with Crippen molar-refractivity contribution in [2.24, 2.45) is 0 Å². The summed E-state index contributed by atoms with van der Waals surface area (Å²) in [5, 5.41) is 9.46. The SMILES string of the molecule is Cc1cc(NC(=O)Cc2n[nH]c(Cc3ccc(F)cc3)n2)ccc1F. The third-order valence-corrected chi connectivity index (χ3v) is 3.62. The molecule has 3 rings (SSSR count).